The smallest absolute Gasteiger partial charge is 0.131 e. The molecule has 0 fully saturated rings. The molecule has 26 heavy (non-hydrogen) atoms. The Hall–Kier alpha value is -1.41. The lowest BCUT2D eigenvalue weighted by Gasteiger charge is -2.17. The summed E-state index contributed by atoms with van der Waals surface area (Å²) < 4.78 is 28.0. The molecule has 5 heteroatoms. The molecule has 3 rings (SSSR count). The zero-order valence-electron chi connectivity index (χ0n) is 14.5. The summed E-state index contributed by atoms with van der Waals surface area (Å²) in [6.45, 7) is 3.48. The molecule has 0 heterocycles. The van der Waals surface area contributed by atoms with Gasteiger partial charge in [0.1, 0.15) is 13.0 Å². The van der Waals surface area contributed by atoms with Gasteiger partial charge >= 0.3 is 0 Å². The van der Waals surface area contributed by atoms with Crippen molar-refractivity contribution in [3.63, 3.8) is 0 Å². The first-order chi connectivity index (χ1) is 12.3. The molecule has 0 saturated heterocycles. The fraction of sp³-hybridized carbons (Fsp3) is 0.143. The first kappa shape index (κ1) is 19.4. The standard InChI is InChI=1S/C21H18BrClFOP/c1-26(2,25)21-13-14(18-5-3-4-6-20(18)24)7-8-15(21)11-16-12-17(23)9-10-19(16)22/h3-10,12-13H,11H2,1-2H3. The molecule has 0 aliphatic rings. The van der Waals surface area contributed by atoms with E-state index in [9.17, 15) is 8.96 Å². The molecule has 0 aliphatic carbocycles. The number of rotatable bonds is 4. The molecule has 0 aromatic heterocycles. The van der Waals surface area contributed by atoms with E-state index in [2.05, 4.69) is 15.9 Å². The lowest BCUT2D eigenvalue weighted by molar-refractivity contribution is 0.588. The molecule has 0 amide bonds. The molecule has 1 nitrogen and oxygen atoms in total. The van der Waals surface area contributed by atoms with E-state index in [1.54, 1.807) is 31.5 Å². The maximum Gasteiger partial charge on any atom is 0.131 e. The molecule has 3 aromatic rings. The average Bonchev–Trinajstić information content (AvgIpc) is 2.58. The minimum atomic E-state index is -2.55. The Kier molecular flexibility index (Phi) is 5.72. The predicted molar refractivity (Wildman–Crippen MR) is 113 cm³/mol. The maximum atomic E-state index is 14.2. The summed E-state index contributed by atoms with van der Waals surface area (Å²) >= 11 is 9.66. The van der Waals surface area contributed by atoms with E-state index in [1.165, 1.54) is 6.07 Å². The van der Waals surface area contributed by atoms with Gasteiger partial charge in [-0.3, -0.25) is 0 Å². The van der Waals surface area contributed by atoms with Gasteiger partial charge in [-0.1, -0.05) is 57.9 Å². The molecule has 0 atom stereocenters. The maximum absolute atomic E-state index is 14.2. The fourth-order valence-corrected chi connectivity index (χ4v) is 4.84. The summed E-state index contributed by atoms with van der Waals surface area (Å²) in [5.41, 5.74) is 3.22. The second-order valence-electron chi connectivity index (χ2n) is 6.59. The van der Waals surface area contributed by atoms with Crippen LogP contribution in [0, 0.1) is 5.82 Å². The number of benzene rings is 3. The fourth-order valence-electron chi connectivity index (χ4n) is 2.96. The van der Waals surface area contributed by atoms with Crippen LogP contribution in [0.4, 0.5) is 4.39 Å². The van der Waals surface area contributed by atoms with Gasteiger partial charge in [0.05, 0.1) is 0 Å². The summed E-state index contributed by atoms with van der Waals surface area (Å²) in [7, 11) is -2.55. The Morgan fingerprint density at radius 3 is 2.42 bits per heavy atom. The third-order valence-corrected chi connectivity index (χ3v) is 6.82. The molecule has 0 N–H and O–H groups in total. The van der Waals surface area contributed by atoms with E-state index < -0.39 is 7.14 Å². The van der Waals surface area contributed by atoms with Crippen LogP contribution in [0.3, 0.4) is 0 Å². The highest BCUT2D eigenvalue weighted by atomic mass is 79.9. The van der Waals surface area contributed by atoms with Crippen LogP contribution in [0.25, 0.3) is 11.1 Å². The van der Waals surface area contributed by atoms with E-state index in [0.29, 0.717) is 17.0 Å². The van der Waals surface area contributed by atoms with Crippen LogP contribution in [0.5, 0.6) is 0 Å². The molecule has 0 radical (unpaired) electrons. The summed E-state index contributed by atoms with van der Waals surface area (Å²) in [6.07, 6.45) is 0.597. The lowest BCUT2D eigenvalue weighted by Crippen LogP contribution is -2.12. The first-order valence-electron chi connectivity index (χ1n) is 8.13. The molecule has 0 spiro atoms. The molecule has 134 valence electrons. The van der Waals surface area contributed by atoms with Crippen LogP contribution in [0.2, 0.25) is 5.02 Å². The van der Waals surface area contributed by atoms with Gasteiger partial charge in [0, 0.05) is 20.4 Å². The zero-order valence-corrected chi connectivity index (χ0v) is 17.7. The topological polar surface area (TPSA) is 17.1 Å². The molecular weight excluding hydrogens is 434 g/mol. The summed E-state index contributed by atoms with van der Waals surface area (Å²) in [4.78, 5) is 0. The summed E-state index contributed by atoms with van der Waals surface area (Å²) in [6, 6.07) is 17.9. The minimum Gasteiger partial charge on any atom is -0.319 e. The average molecular weight is 452 g/mol. The second-order valence-corrected chi connectivity index (χ2v) is 11.1. The molecular formula is C21H18BrClFOP. The van der Waals surface area contributed by atoms with Crippen LogP contribution >= 0.6 is 34.7 Å². The third kappa shape index (κ3) is 4.28. The Balaban J connectivity index is 2.10. The van der Waals surface area contributed by atoms with Crippen molar-refractivity contribution < 1.29 is 8.96 Å². The number of halogens is 3. The largest absolute Gasteiger partial charge is 0.319 e. The normalized spacial score (nSPS) is 11.6. The number of hydrogen-bond donors (Lipinski definition) is 0. The van der Waals surface area contributed by atoms with Crippen LogP contribution in [0.1, 0.15) is 11.1 Å². The van der Waals surface area contributed by atoms with Gasteiger partial charge in [-0.2, -0.15) is 0 Å². The van der Waals surface area contributed by atoms with E-state index in [1.807, 2.05) is 36.4 Å². The highest BCUT2D eigenvalue weighted by Crippen LogP contribution is 2.39. The SMILES string of the molecule is CP(C)(=O)c1cc(-c2ccccc2F)ccc1Cc1cc(Cl)ccc1Br. The van der Waals surface area contributed by atoms with Crippen molar-refractivity contribution in [3.8, 4) is 11.1 Å². The third-order valence-electron chi connectivity index (χ3n) is 4.24. The predicted octanol–water partition coefficient (Wildman–Crippen LogP) is 6.75. The van der Waals surface area contributed by atoms with E-state index in [0.717, 1.165) is 26.5 Å². The van der Waals surface area contributed by atoms with Gasteiger partial charge in [0.2, 0.25) is 0 Å². The zero-order chi connectivity index (χ0) is 18.9. The van der Waals surface area contributed by atoms with Crippen LogP contribution in [-0.4, -0.2) is 13.3 Å². The van der Waals surface area contributed by atoms with Crippen molar-refractivity contribution in [1.82, 2.24) is 0 Å². The van der Waals surface area contributed by atoms with E-state index >= 15 is 0 Å². The summed E-state index contributed by atoms with van der Waals surface area (Å²) in [5.74, 6) is -0.286. The molecule has 0 saturated carbocycles. The van der Waals surface area contributed by atoms with Gasteiger partial charge in [-0.25, -0.2) is 4.39 Å². The van der Waals surface area contributed by atoms with Crippen molar-refractivity contribution in [2.45, 2.75) is 6.42 Å². The highest BCUT2D eigenvalue weighted by Gasteiger charge is 2.19. The van der Waals surface area contributed by atoms with E-state index in [-0.39, 0.29) is 5.82 Å². The van der Waals surface area contributed by atoms with Crippen molar-refractivity contribution in [2.75, 3.05) is 13.3 Å². The second kappa shape index (κ2) is 7.68. The number of hydrogen-bond acceptors (Lipinski definition) is 1. The van der Waals surface area contributed by atoms with Crippen molar-refractivity contribution >= 4 is 40.0 Å². The van der Waals surface area contributed by atoms with Crippen LogP contribution < -0.4 is 5.30 Å². The molecule has 3 aromatic carbocycles. The summed E-state index contributed by atoms with van der Waals surface area (Å²) in [5, 5.41) is 1.43. The Morgan fingerprint density at radius 1 is 1.00 bits per heavy atom. The van der Waals surface area contributed by atoms with Crippen molar-refractivity contribution in [3.05, 3.63) is 87.1 Å². The lowest BCUT2D eigenvalue weighted by atomic mass is 10.00. The van der Waals surface area contributed by atoms with Gasteiger partial charge < -0.3 is 4.57 Å². The monoisotopic (exact) mass is 450 g/mol. The highest BCUT2D eigenvalue weighted by molar-refractivity contribution is 9.10. The van der Waals surface area contributed by atoms with Crippen molar-refractivity contribution in [1.29, 1.82) is 0 Å². The Morgan fingerprint density at radius 2 is 1.73 bits per heavy atom. The minimum absolute atomic E-state index is 0.286. The van der Waals surface area contributed by atoms with Gasteiger partial charge in [0.25, 0.3) is 0 Å². The first-order valence-corrected chi connectivity index (χ1v) is 11.9. The van der Waals surface area contributed by atoms with E-state index in [4.69, 9.17) is 11.6 Å². The molecule has 0 aliphatic heterocycles. The quantitative estimate of drug-likeness (QED) is 0.401. The van der Waals surface area contributed by atoms with Gasteiger partial charge in [0.15, 0.2) is 0 Å². The van der Waals surface area contributed by atoms with Crippen LogP contribution in [-0.2, 0) is 11.0 Å². The van der Waals surface area contributed by atoms with Gasteiger partial charge in [-0.05, 0) is 66.8 Å². The van der Waals surface area contributed by atoms with Crippen LogP contribution in [0.15, 0.2) is 65.1 Å². The van der Waals surface area contributed by atoms with Crippen molar-refractivity contribution in [2.24, 2.45) is 0 Å². The molecule has 0 bridgehead atoms. The molecule has 0 unspecified atom stereocenters. The Labute approximate surface area is 166 Å². The van der Waals surface area contributed by atoms with Gasteiger partial charge in [-0.15, -0.1) is 0 Å². The Bertz CT molecular complexity index is 1010.